The lowest BCUT2D eigenvalue weighted by Crippen LogP contribution is -2.04. The van der Waals surface area contributed by atoms with Gasteiger partial charge in [-0.15, -0.1) is 22.7 Å². The highest BCUT2D eigenvalue weighted by molar-refractivity contribution is 7.26. The molecule has 0 unspecified atom stereocenters. The average Bonchev–Trinajstić information content (AvgIpc) is 1.56. The first kappa shape index (κ1) is 88.0. The Kier molecular flexibility index (Phi) is 22.0. The Hall–Kier alpha value is -19.7. The molecule has 0 spiro atoms. The van der Waals surface area contributed by atoms with Gasteiger partial charge in [-0.25, -0.2) is 44.9 Å². The second kappa shape index (κ2) is 37.5. The third-order valence-corrected chi connectivity index (χ3v) is 30.7. The highest BCUT2D eigenvalue weighted by Crippen LogP contribution is 2.50. The molecular formula is C135H84N12OS2. The average molecular weight is 1950 g/mol. The van der Waals surface area contributed by atoms with E-state index < -0.39 is 0 Å². The van der Waals surface area contributed by atoms with Crippen molar-refractivity contribution in [3.05, 3.63) is 510 Å². The van der Waals surface area contributed by atoms with Gasteiger partial charge in [0.1, 0.15) is 5.58 Å². The maximum absolute atomic E-state index is 6.69. The van der Waals surface area contributed by atoms with Crippen LogP contribution >= 0.6 is 22.7 Å². The van der Waals surface area contributed by atoms with Crippen LogP contribution in [-0.2, 0) is 0 Å². The van der Waals surface area contributed by atoms with Crippen LogP contribution in [0, 0.1) is 0 Å². The number of aromatic nitrogens is 12. The van der Waals surface area contributed by atoms with Crippen LogP contribution in [0.25, 0.3) is 281 Å². The van der Waals surface area contributed by atoms with Gasteiger partial charge < -0.3 is 18.1 Å². The number of para-hydroxylation sites is 4. The molecule has 0 aliphatic carbocycles. The number of hydrogen-bond donors (Lipinski definition) is 0. The number of rotatable bonds is 15. The van der Waals surface area contributed by atoms with Crippen molar-refractivity contribution in [2.45, 2.75) is 0 Å². The van der Waals surface area contributed by atoms with Crippen LogP contribution in [0.1, 0.15) is 0 Å². The zero-order chi connectivity index (χ0) is 99.1. The van der Waals surface area contributed by atoms with E-state index in [0.717, 1.165) is 166 Å². The van der Waals surface area contributed by atoms with Gasteiger partial charge in [-0.05, 0) is 137 Å². The highest BCUT2D eigenvalue weighted by atomic mass is 32.1. The molecule has 0 saturated heterocycles. The SMILES string of the molecule is c1ccc(-c2ccc(-n3c4ccccc4c4c5c(ccc43)sc3ccccc35)c(-c3nc(-c4ccccc4)nc(-c4ccccc4)n3)c2)cc1.c1ccc(-c2ccc(-n3c4ccccc4c4cc5c(cc43)sc3ccccc35)c(-c3nc(-c4ccccc4)nc(-c4ccccc4)n3)c2)cc1.c1ccc(-c2ccc(-n3c4ccccc4c4ccc5c6ccccc6oc5c43)c(-c3nc(-c4ccccc4)nc(-c4ccccc4)n3)c2)cc1. The Balaban J connectivity index is 0.000000108. The highest BCUT2D eigenvalue weighted by Gasteiger charge is 2.29. The Morgan fingerprint density at radius 3 is 0.907 bits per heavy atom. The molecule has 21 aromatic carbocycles. The summed E-state index contributed by atoms with van der Waals surface area (Å²) in [6.45, 7) is 0. The first-order valence-electron chi connectivity index (χ1n) is 50.1. The van der Waals surface area contributed by atoms with E-state index >= 15 is 0 Å². The first-order chi connectivity index (χ1) is 74.4. The zero-order valence-electron chi connectivity index (χ0n) is 80.6. The van der Waals surface area contributed by atoms with Gasteiger partial charge in [0.15, 0.2) is 58.0 Å². The largest absolute Gasteiger partial charge is 0.454 e. The van der Waals surface area contributed by atoms with Crippen LogP contribution in [0.15, 0.2) is 514 Å². The Bertz CT molecular complexity index is 10300. The molecule has 0 radical (unpaired) electrons. The topological polar surface area (TPSA) is 144 Å². The van der Waals surface area contributed by atoms with Crippen molar-refractivity contribution < 1.29 is 4.42 Å². The van der Waals surface area contributed by atoms with Crippen LogP contribution in [0.4, 0.5) is 0 Å². The summed E-state index contributed by atoms with van der Waals surface area (Å²) in [6, 6.07) is 178. The van der Waals surface area contributed by atoms with Crippen molar-refractivity contribution in [2.24, 2.45) is 0 Å². The second-order valence-electron chi connectivity index (χ2n) is 37.3. The lowest BCUT2D eigenvalue weighted by atomic mass is 10.0. The molecule has 0 aliphatic heterocycles. The number of fused-ring (bicyclic) bond motifs is 20. The van der Waals surface area contributed by atoms with Crippen LogP contribution in [0.2, 0.25) is 0 Å². The fourth-order valence-electron chi connectivity index (χ4n) is 21.4. The smallest absolute Gasteiger partial charge is 0.166 e. The summed E-state index contributed by atoms with van der Waals surface area (Å²) in [6.07, 6.45) is 0. The summed E-state index contributed by atoms with van der Waals surface area (Å²) in [5.74, 6) is 5.63. The molecule has 0 fully saturated rings. The Morgan fingerprint density at radius 2 is 0.473 bits per heavy atom. The summed E-state index contributed by atoms with van der Waals surface area (Å²) in [4.78, 5) is 46.2. The van der Waals surface area contributed by atoms with Gasteiger partial charge in [0.05, 0.1) is 50.2 Å². The monoisotopic (exact) mass is 1950 g/mol. The molecule has 0 aliphatic rings. The summed E-state index contributed by atoms with van der Waals surface area (Å²) >= 11 is 3.70. The molecule has 15 heteroatoms. The molecule has 30 aromatic rings. The van der Waals surface area contributed by atoms with Crippen LogP contribution in [0.5, 0.6) is 0 Å². The van der Waals surface area contributed by atoms with Crippen molar-refractivity contribution in [3.8, 4) is 153 Å². The fourth-order valence-corrected chi connectivity index (χ4v) is 23.6. The molecule has 30 rings (SSSR count). The molecule has 150 heavy (non-hydrogen) atoms. The van der Waals surface area contributed by atoms with Gasteiger partial charge in [-0.2, -0.15) is 0 Å². The van der Waals surface area contributed by atoms with Crippen LogP contribution in [-0.4, -0.2) is 58.6 Å². The van der Waals surface area contributed by atoms with Gasteiger partial charge in [0, 0.05) is 134 Å². The third-order valence-electron chi connectivity index (χ3n) is 28.4. The van der Waals surface area contributed by atoms with E-state index in [1.165, 1.54) is 61.9 Å². The zero-order valence-corrected chi connectivity index (χ0v) is 82.2. The molecule has 9 aromatic heterocycles. The summed E-state index contributed by atoms with van der Waals surface area (Å²) < 4.78 is 19.0. The molecular weight excluding hydrogens is 1870 g/mol. The van der Waals surface area contributed by atoms with Crippen molar-refractivity contribution in [2.75, 3.05) is 0 Å². The van der Waals surface area contributed by atoms with Crippen molar-refractivity contribution in [1.82, 2.24) is 58.6 Å². The van der Waals surface area contributed by atoms with E-state index in [2.05, 4.69) is 372 Å². The number of hydrogen-bond acceptors (Lipinski definition) is 12. The van der Waals surface area contributed by atoms with E-state index in [0.29, 0.717) is 52.4 Å². The fraction of sp³-hybridized carbons (Fsp3) is 0. The molecule has 0 atom stereocenters. The van der Waals surface area contributed by atoms with Crippen LogP contribution in [0.3, 0.4) is 0 Å². The van der Waals surface area contributed by atoms with Gasteiger partial charge >= 0.3 is 0 Å². The number of nitrogens with zero attached hydrogens (tertiary/aromatic N) is 12. The van der Waals surface area contributed by atoms with Crippen molar-refractivity contribution in [1.29, 1.82) is 0 Å². The lowest BCUT2D eigenvalue weighted by molar-refractivity contribution is 0.671. The van der Waals surface area contributed by atoms with Gasteiger partial charge in [0.2, 0.25) is 0 Å². The Labute approximate surface area is 869 Å². The minimum Gasteiger partial charge on any atom is -0.454 e. The van der Waals surface area contributed by atoms with E-state index in [-0.39, 0.29) is 0 Å². The van der Waals surface area contributed by atoms with E-state index in [9.17, 15) is 0 Å². The standard InChI is InChI=1S/C45H28N4O.2C45H28N4S/c1-4-14-29(15-5-1)32-24-27-39(37(28-32)45-47-43(30-16-6-2-7-17-30)46-44(48-45)31-18-8-3-9-19-31)49-38-22-12-10-20-33(38)35-25-26-36-34-21-11-13-23-40(34)50-42(36)41(35)49;1-4-14-29(15-5-1)32-24-25-39(37(26-32)45-47-43(30-16-6-2-7-17-30)46-44(48-45)31-18-8-3-9-19-31)49-38-22-12-10-20-33(38)35-27-36-34-21-11-13-23-41(34)50-42(36)28-40(35)49;1-4-14-29(15-5-1)32-24-25-37(35(28-32)45-47-43(30-16-6-2-7-17-30)46-44(48-45)31-18-8-3-9-19-31)49-36-22-12-10-20-33(36)41-38(49)26-27-40-42(41)34-21-11-13-23-39(34)50-40/h3*1-28H. The molecule has 13 nitrogen and oxygen atoms in total. The van der Waals surface area contributed by atoms with Crippen molar-refractivity contribution in [3.63, 3.8) is 0 Å². The molecule has 702 valence electrons. The normalized spacial score (nSPS) is 11.6. The van der Waals surface area contributed by atoms with E-state index in [1.807, 2.05) is 174 Å². The molecule has 0 amide bonds. The minimum absolute atomic E-state index is 0.591. The molecule has 0 saturated carbocycles. The molecule has 0 N–H and O–H groups in total. The second-order valence-corrected chi connectivity index (χ2v) is 39.5. The Morgan fingerprint density at radius 1 is 0.160 bits per heavy atom. The van der Waals surface area contributed by atoms with E-state index in [1.54, 1.807) is 0 Å². The molecule has 9 heterocycles. The maximum atomic E-state index is 6.69. The summed E-state index contributed by atoms with van der Waals surface area (Å²) in [5, 5.41) is 14.5. The predicted octanol–water partition coefficient (Wildman–Crippen LogP) is 35.5. The first-order valence-corrected chi connectivity index (χ1v) is 51.7. The molecule has 0 bridgehead atoms. The number of thiophene rings is 2. The van der Waals surface area contributed by atoms with Gasteiger partial charge in [-0.3, -0.25) is 0 Å². The maximum Gasteiger partial charge on any atom is 0.166 e. The minimum atomic E-state index is 0.591. The van der Waals surface area contributed by atoms with Gasteiger partial charge in [-0.1, -0.05) is 406 Å². The van der Waals surface area contributed by atoms with Gasteiger partial charge in [0.25, 0.3) is 0 Å². The summed E-state index contributed by atoms with van der Waals surface area (Å²) in [5.41, 5.74) is 26.4. The number of furan rings is 1. The van der Waals surface area contributed by atoms with E-state index in [4.69, 9.17) is 49.3 Å². The van der Waals surface area contributed by atoms with Crippen LogP contribution < -0.4 is 0 Å². The third kappa shape index (κ3) is 15.7. The summed E-state index contributed by atoms with van der Waals surface area (Å²) in [7, 11) is 0. The predicted molar refractivity (Wildman–Crippen MR) is 621 cm³/mol. The number of benzene rings is 21. The quantitative estimate of drug-likeness (QED) is 0.0973. The lowest BCUT2D eigenvalue weighted by Gasteiger charge is -2.16. The van der Waals surface area contributed by atoms with Crippen molar-refractivity contribution >= 4 is 150 Å².